The average molecular weight is 247 g/mol. The van der Waals surface area contributed by atoms with E-state index >= 15 is 0 Å². The van der Waals surface area contributed by atoms with Gasteiger partial charge in [-0.3, -0.25) is 4.79 Å². The van der Waals surface area contributed by atoms with Crippen LogP contribution < -0.4 is 0 Å². The predicted molar refractivity (Wildman–Crippen MR) is 71.8 cm³/mol. The lowest BCUT2D eigenvalue weighted by Gasteiger charge is -2.17. The van der Waals surface area contributed by atoms with E-state index in [1.807, 2.05) is 11.8 Å². The number of rotatable bonds is 3. The summed E-state index contributed by atoms with van der Waals surface area (Å²) < 4.78 is 0. The molecular weight excluding hydrogens is 226 g/mol. The number of hydrogen-bond donors (Lipinski definition) is 1. The molecule has 0 radical (unpaired) electrons. The van der Waals surface area contributed by atoms with Gasteiger partial charge >= 0.3 is 0 Å². The summed E-state index contributed by atoms with van der Waals surface area (Å²) in [5.74, 6) is 0.895. The number of phenolic OH excluding ortho intramolecular Hbond substituents is 1. The van der Waals surface area contributed by atoms with Gasteiger partial charge in [-0.1, -0.05) is 19.4 Å². The summed E-state index contributed by atoms with van der Waals surface area (Å²) in [5.41, 5.74) is 1.40. The number of phenols is 1. The fourth-order valence-electron chi connectivity index (χ4n) is 2.59. The second-order valence-electron chi connectivity index (χ2n) is 5.20. The third-order valence-electron chi connectivity index (χ3n) is 3.73. The summed E-state index contributed by atoms with van der Waals surface area (Å²) in [6, 6.07) is 5.16. The van der Waals surface area contributed by atoms with Gasteiger partial charge in [-0.25, -0.2) is 0 Å². The monoisotopic (exact) mass is 247 g/mol. The number of nitrogens with zero attached hydrogens (tertiary/aromatic N) is 1. The molecule has 1 unspecified atom stereocenters. The smallest absolute Gasteiger partial charge is 0.253 e. The van der Waals surface area contributed by atoms with Crippen LogP contribution in [0.2, 0.25) is 0 Å². The number of likely N-dealkylation sites (tertiary alicyclic amines) is 1. The van der Waals surface area contributed by atoms with Crippen LogP contribution in [0.3, 0.4) is 0 Å². The van der Waals surface area contributed by atoms with Gasteiger partial charge in [0.15, 0.2) is 0 Å². The third kappa shape index (κ3) is 2.66. The van der Waals surface area contributed by atoms with E-state index in [-0.39, 0.29) is 11.7 Å². The maximum absolute atomic E-state index is 12.3. The van der Waals surface area contributed by atoms with Crippen molar-refractivity contribution >= 4 is 5.91 Å². The molecule has 1 aliphatic rings. The zero-order valence-electron chi connectivity index (χ0n) is 11.1. The van der Waals surface area contributed by atoms with E-state index in [2.05, 4.69) is 6.92 Å². The summed E-state index contributed by atoms with van der Waals surface area (Å²) in [4.78, 5) is 14.2. The van der Waals surface area contributed by atoms with E-state index in [1.165, 1.54) is 12.8 Å². The molecule has 1 aliphatic heterocycles. The number of hydrogen-bond acceptors (Lipinski definition) is 2. The zero-order chi connectivity index (χ0) is 13.1. The molecule has 0 aliphatic carbocycles. The van der Waals surface area contributed by atoms with Crippen molar-refractivity contribution in [3.05, 3.63) is 29.3 Å². The van der Waals surface area contributed by atoms with Gasteiger partial charge in [0.1, 0.15) is 5.75 Å². The molecule has 1 amide bonds. The summed E-state index contributed by atoms with van der Waals surface area (Å²) in [7, 11) is 0. The summed E-state index contributed by atoms with van der Waals surface area (Å²) >= 11 is 0. The lowest BCUT2D eigenvalue weighted by Crippen LogP contribution is -2.28. The van der Waals surface area contributed by atoms with Crippen LogP contribution in [0.25, 0.3) is 0 Å². The Balaban J connectivity index is 2.05. The van der Waals surface area contributed by atoms with Gasteiger partial charge in [-0.05, 0) is 43.4 Å². The molecule has 1 N–H and O–H groups in total. The van der Waals surface area contributed by atoms with Crippen molar-refractivity contribution < 1.29 is 9.90 Å². The molecule has 1 saturated heterocycles. The number of amides is 1. The lowest BCUT2D eigenvalue weighted by atomic mass is 10.0. The fourth-order valence-corrected chi connectivity index (χ4v) is 2.59. The van der Waals surface area contributed by atoms with Crippen LogP contribution in [-0.4, -0.2) is 29.0 Å². The zero-order valence-corrected chi connectivity index (χ0v) is 11.1. The molecule has 1 atom stereocenters. The van der Waals surface area contributed by atoms with Crippen molar-refractivity contribution in [2.45, 2.75) is 33.1 Å². The second-order valence-corrected chi connectivity index (χ2v) is 5.20. The molecule has 3 nitrogen and oxygen atoms in total. The predicted octanol–water partition coefficient (Wildman–Crippen LogP) is 2.96. The van der Waals surface area contributed by atoms with Gasteiger partial charge in [0.2, 0.25) is 0 Å². The van der Waals surface area contributed by atoms with Crippen molar-refractivity contribution in [2.24, 2.45) is 5.92 Å². The minimum absolute atomic E-state index is 0.0453. The Morgan fingerprint density at radius 1 is 1.50 bits per heavy atom. The molecule has 1 heterocycles. The Hall–Kier alpha value is -1.51. The van der Waals surface area contributed by atoms with Gasteiger partial charge in [-0.2, -0.15) is 0 Å². The highest BCUT2D eigenvalue weighted by atomic mass is 16.3. The Kier molecular flexibility index (Phi) is 3.90. The van der Waals surface area contributed by atoms with Gasteiger partial charge in [-0.15, -0.1) is 0 Å². The van der Waals surface area contributed by atoms with E-state index in [1.54, 1.807) is 18.2 Å². The Morgan fingerprint density at radius 2 is 2.28 bits per heavy atom. The van der Waals surface area contributed by atoms with Gasteiger partial charge < -0.3 is 10.0 Å². The van der Waals surface area contributed by atoms with Crippen LogP contribution in [0.5, 0.6) is 5.75 Å². The first-order chi connectivity index (χ1) is 8.61. The maximum atomic E-state index is 12.3. The molecule has 1 aromatic rings. The lowest BCUT2D eigenvalue weighted by molar-refractivity contribution is 0.0786. The van der Waals surface area contributed by atoms with E-state index < -0.39 is 0 Å². The first-order valence-electron chi connectivity index (χ1n) is 6.70. The van der Waals surface area contributed by atoms with Crippen LogP contribution in [0.4, 0.5) is 0 Å². The van der Waals surface area contributed by atoms with Gasteiger partial charge in [0.25, 0.3) is 5.91 Å². The SMILES string of the molecule is CCCC1CCN(C(=O)c2ccc(C)c(O)c2)C1. The topological polar surface area (TPSA) is 40.5 Å². The Morgan fingerprint density at radius 3 is 2.94 bits per heavy atom. The summed E-state index contributed by atoms with van der Waals surface area (Å²) in [6.45, 7) is 5.72. The molecule has 3 heteroatoms. The standard InChI is InChI=1S/C15H21NO2/c1-3-4-12-7-8-16(10-12)15(18)13-6-5-11(2)14(17)9-13/h5-6,9,12,17H,3-4,7-8,10H2,1-2H3. The number of carbonyl (C=O) groups is 1. The maximum Gasteiger partial charge on any atom is 0.253 e. The normalized spacial score (nSPS) is 19.2. The molecule has 1 aromatic carbocycles. The van der Waals surface area contributed by atoms with Gasteiger partial charge in [0.05, 0.1) is 0 Å². The number of aryl methyl sites for hydroxylation is 1. The van der Waals surface area contributed by atoms with Crippen LogP contribution >= 0.6 is 0 Å². The van der Waals surface area contributed by atoms with Crippen LogP contribution in [0.1, 0.15) is 42.1 Å². The van der Waals surface area contributed by atoms with Crippen molar-refractivity contribution in [2.75, 3.05) is 13.1 Å². The van der Waals surface area contributed by atoms with Crippen LogP contribution in [0, 0.1) is 12.8 Å². The Bertz CT molecular complexity index is 442. The highest BCUT2D eigenvalue weighted by Crippen LogP contribution is 2.24. The van der Waals surface area contributed by atoms with E-state index in [0.29, 0.717) is 11.5 Å². The van der Waals surface area contributed by atoms with Crippen LogP contribution in [0.15, 0.2) is 18.2 Å². The van der Waals surface area contributed by atoms with E-state index in [4.69, 9.17) is 0 Å². The Labute approximate surface area is 108 Å². The molecule has 1 fully saturated rings. The molecule has 2 rings (SSSR count). The first kappa shape index (κ1) is 12.9. The molecular formula is C15H21NO2. The molecule has 18 heavy (non-hydrogen) atoms. The average Bonchev–Trinajstić information content (AvgIpc) is 2.81. The molecule has 0 bridgehead atoms. The highest BCUT2D eigenvalue weighted by molar-refractivity contribution is 5.94. The van der Waals surface area contributed by atoms with Crippen molar-refractivity contribution in [3.63, 3.8) is 0 Å². The molecule has 98 valence electrons. The fraction of sp³-hybridized carbons (Fsp3) is 0.533. The summed E-state index contributed by atoms with van der Waals surface area (Å²) in [5, 5.41) is 9.66. The van der Waals surface area contributed by atoms with E-state index in [0.717, 1.165) is 25.1 Å². The molecule has 0 aromatic heterocycles. The summed E-state index contributed by atoms with van der Waals surface area (Å²) in [6.07, 6.45) is 3.48. The highest BCUT2D eigenvalue weighted by Gasteiger charge is 2.26. The van der Waals surface area contributed by atoms with Crippen molar-refractivity contribution in [1.82, 2.24) is 4.90 Å². The largest absolute Gasteiger partial charge is 0.508 e. The van der Waals surface area contributed by atoms with Crippen molar-refractivity contribution in [3.8, 4) is 5.75 Å². The number of benzene rings is 1. The number of carbonyl (C=O) groups excluding carboxylic acids is 1. The molecule has 0 saturated carbocycles. The quantitative estimate of drug-likeness (QED) is 0.892. The number of aromatic hydroxyl groups is 1. The second kappa shape index (κ2) is 5.42. The minimum Gasteiger partial charge on any atom is -0.508 e. The van der Waals surface area contributed by atoms with Crippen molar-refractivity contribution in [1.29, 1.82) is 0 Å². The van der Waals surface area contributed by atoms with E-state index in [9.17, 15) is 9.90 Å². The minimum atomic E-state index is 0.0453. The molecule has 0 spiro atoms. The first-order valence-corrected chi connectivity index (χ1v) is 6.70. The van der Waals surface area contributed by atoms with Crippen LogP contribution in [-0.2, 0) is 0 Å². The van der Waals surface area contributed by atoms with Gasteiger partial charge in [0, 0.05) is 18.7 Å². The third-order valence-corrected chi connectivity index (χ3v) is 3.73.